The molecule has 2 aliphatic carbocycles. The lowest BCUT2D eigenvalue weighted by Crippen LogP contribution is -2.21. The van der Waals surface area contributed by atoms with Gasteiger partial charge in [-0.15, -0.1) is 0 Å². The Kier molecular flexibility index (Phi) is 6.64. The van der Waals surface area contributed by atoms with Crippen molar-refractivity contribution in [2.75, 3.05) is 0 Å². The number of nitrogens with zero attached hydrogens (tertiary/aromatic N) is 1. The first-order valence-corrected chi connectivity index (χ1v) is 13.5. The molecular weight excluding hydrogens is 470 g/mol. The van der Waals surface area contributed by atoms with Crippen LogP contribution in [0.1, 0.15) is 42.0 Å². The van der Waals surface area contributed by atoms with E-state index in [9.17, 15) is 0 Å². The third kappa shape index (κ3) is 4.72. The molecule has 0 atom stereocenters. The summed E-state index contributed by atoms with van der Waals surface area (Å²) in [7, 11) is 0. The molecule has 0 radical (unpaired) electrons. The van der Waals surface area contributed by atoms with Crippen LogP contribution in [0.4, 0.5) is 0 Å². The van der Waals surface area contributed by atoms with E-state index in [1.165, 1.54) is 56.8 Å². The number of aliphatic imine (C=N–C) groups is 1. The highest BCUT2D eigenvalue weighted by molar-refractivity contribution is 6.33. The summed E-state index contributed by atoms with van der Waals surface area (Å²) in [6.45, 7) is 2.29. The number of hydrogen-bond donors (Lipinski definition) is 0. The Morgan fingerprint density at radius 1 is 0.757 bits per heavy atom. The van der Waals surface area contributed by atoms with Gasteiger partial charge in [0.05, 0.1) is 0 Å². The van der Waals surface area contributed by atoms with Gasteiger partial charge in [0.1, 0.15) is 0 Å². The number of halogens is 1. The molecule has 0 fully saturated rings. The Hall–Kier alpha value is -3.68. The summed E-state index contributed by atoms with van der Waals surface area (Å²) in [6.07, 6.45) is 13.9. The smallest absolute Gasteiger partial charge is 0.0484 e. The minimum absolute atomic E-state index is 0.809. The van der Waals surface area contributed by atoms with Gasteiger partial charge in [-0.2, -0.15) is 0 Å². The van der Waals surface area contributed by atoms with E-state index in [1.54, 1.807) is 16.7 Å². The van der Waals surface area contributed by atoms with E-state index in [4.69, 9.17) is 11.6 Å². The topological polar surface area (TPSA) is 12.4 Å². The largest absolute Gasteiger partial charge is 0.269 e. The van der Waals surface area contributed by atoms with E-state index < -0.39 is 0 Å². The van der Waals surface area contributed by atoms with Crippen LogP contribution >= 0.6 is 11.6 Å². The lowest BCUT2D eigenvalue weighted by molar-refractivity contribution is 0.805. The van der Waals surface area contributed by atoms with Crippen LogP contribution in [0.5, 0.6) is 0 Å². The van der Waals surface area contributed by atoms with Crippen LogP contribution in [0.15, 0.2) is 90.1 Å². The molecule has 4 aromatic carbocycles. The van der Waals surface area contributed by atoms with Crippen LogP contribution in [0.3, 0.4) is 0 Å². The molecule has 3 aliphatic rings. The van der Waals surface area contributed by atoms with Crippen molar-refractivity contribution >= 4 is 35.5 Å². The molecule has 0 aromatic heterocycles. The molecule has 0 saturated heterocycles. The third-order valence-corrected chi connectivity index (χ3v) is 8.06. The predicted octanol–water partition coefficient (Wildman–Crippen LogP) is 7.42. The van der Waals surface area contributed by atoms with Crippen molar-refractivity contribution in [3.05, 3.63) is 133 Å². The van der Waals surface area contributed by atoms with Gasteiger partial charge in [0.15, 0.2) is 0 Å². The molecule has 1 aliphatic heterocycles. The summed E-state index contributed by atoms with van der Waals surface area (Å²) in [6, 6.07) is 27.9. The maximum Gasteiger partial charge on any atom is 0.0484 e. The van der Waals surface area contributed by atoms with E-state index in [0.717, 1.165) is 23.4 Å². The first-order chi connectivity index (χ1) is 18.2. The van der Waals surface area contributed by atoms with Crippen LogP contribution < -0.4 is 10.4 Å². The van der Waals surface area contributed by atoms with Crippen LogP contribution in [0.2, 0.25) is 5.02 Å². The second kappa shape index (κ2) is 10.4. The molecule has 0 spiro atoms. The molecule has 2 heteroatoms. The molecule has 0 bridgehead atoms. The van der Waals surface area contributed by atoms with Crippen LogP contribution in [0, 0.1) is 10.4 Å². The maximum absolute atomic E-state index is 6.40. The first-order valence-electron chi connectivity index (χ1n) is 13.2. The van der Waals surface area contributed by atoms with Crippen LogP contribution in [0.25, 0.3) is 28.9 Å². The van der Waals surface area contributed by atoms with Gasteiger partial charge in [0, 0.05) is 29.4 Å². The zero-order valence-electron chi connectivity index (χ0n) is 21.2. The van der Waals surface area contributed by atoms with Crippen molar-refractivity contribution in [2.45, 2.75) is 39.0 Å². The minimum atomic E-state index is 0.809. The van der Waals surface area contributed by atoms with E-state index in [-0.39, 0.29) is 0 Å². The number of benzene rings is 4. The molecule has 37 heavy (non-hydrogen) atoms. The first kappa shape index (κ1) is 23.7. The third-order valence-electron chi connectivity index (χ3n) is 7.73. The van der Waals surface area contributed by atoms with Gasteiger partial charge in [-0.05, 0) is 99.5 Å². The molecule has 0 N–H and O–H groups in total. The molecule has 0 saturated carbocycles. The average Bonchev–Trinajstić information content (AvgIpc) is 3.19. The lowest BCUT2D eigenvalue weighted by Gasteiger charge is -2.19. The standard InChI is InChI=1S/C25H21Cl.C10H9N/c1-16-5-4-7-22-19(16)13-14-23-20-11-9-18(15-17(20)10-12-24(22)23)21-6-2-3-8-25(21)26;1-2-4-10-6-8-11-7-5-9(10)3-1/h2-3,6,8-11,13-15H,4-5,7,12H2,1H3;1-5,7-8H,6H2. The second-order valence-electron chi connectivity index (χ2n) is 9.99. The monoisotopic (exact) mass is 499 g/mol. The molecular formula is C35H30ClN. The summed E-state index contributed by atoms with van der Waals surface area (Å²) in [5.41, 5.74) is 9.61. The summed E-state index contributed by atoms with van der Waals surface area (Å²) in [4.78, 5) is 4.08. The van der Waals surface area contributed by atoms with Gasteiger partial charge >= 0.3 is 0 Å². The van der Waals surface area contributed by atoms with Crippen molar-refractivity contribution in [3.8, 4) is 11.1 Å². The van der Waals surface area contributed by atoms with Crippen LogP contribution in [-0.4, -0.2) is 6.21 Å². The van der Waals surface area contributed by atoms with Crippen molar-refractivity contribution in [2.24, 2.45) is 4.99 Å². The van der Waals surface area contributed by atoms with Gasteiger partial charge in [0.25, 0.3) is 0 Å². The average molecular weight is 500 g/mol. The fourth-order valence-electron chi connectivity index (χ4n) is 5.80. The Bertz CT molecular complexity index is 1780. The van der Waals surface area contributed by atoms with Crippen molar-refractivity contribution in [1.29, 1.82) is 0 Å². The fourth-order valence-corrected chi connectivity index (χ4v) is 6.04. The minimum Gasteiger partial charge on any atom is -0.269 e. The van der Waals surface area contributed by atoms with Gasteiger partial charge in [0.2, 0.25) is 0 Å². The molecule has 4 aromatic rings. The van der Waals surface area contributed by atoms with E-state index >= 15 is 0 Å². The zero-order valence-corrected chi connectivity index (χ0v) is 21.9. The van der Waals surface area contributed by atoms with Crippen molar-refractivity contribution in [3.63, 3.8) is 0 Å². The Morgan fingerprint density at radius 2 is 1.57 bits per heavy atom. The van der Waals surface area contributed by atoms with Crippen molar-refractivity contribution in [1.82, 2.24) is 0 Å². The van der Waals surface area contributed by atoms with Gasteiger partial charge in [-0.3, -0.25) is 4.99 Å². The number of hydrogen-bond acceptors (Lipinski definition) is 1. The molecule has 182 valence electrons. The predicted molar refractivity (Wildman–Crippen MR) is 158 cm³/mol. The summed E-state index contributed by atoms with van der Waals surface area (Å²) in [5.74, 6) is 0. The zero-order chi connectivity index (χ0) is 25.2. The van der Waals surface area contributed by atoms with E-state index in [1.807, 2.05) is 36.7 Å². The van der Waals surface area contributed by atoms with E-state index in [0.29, 0.717) is 0 Å². The van der Waals surface area contributed by atoms with Gasteiger partial charge in [-0.1, -0.05) is 90.0 Å². The van der Waals surface area contributed by atoms with Crippen molar-refractivity contribution < 1.29 is 0 Å². The maximum atomic E-state index is 6.40. The summed E-state index contributed by atoms with van der Waals surface area (Å²) in [5, 5.41) is 6.41. The summed E-state index contributed by atoms with van der Waals surface area (Å²) >= 11 is 6.40. The highest BCUT2D eigenvalue weighted by atomic mass is 35.5. The van der Waals surface area contributed by atoms with E-state index in [2.05, 4.69) is 78.7 Å². The highest BCUT2D eigenvalue weighted by Gasteiger charge is 2.14. The van der Waals surface area contributed by atoms with Gasteiger partial charge < -0.3 is 0 Å². The molecule has 1 heterocycles. The number of fused-ring (bicyclic) bond motifs is 5. The Labute approximate surface area is 223 Å². The fraction of sp³-hybridized carbons (Fsp3) is 0.171. The molecule has 7 rings (SSSR count). The van der Waals surface area contributed by atoms with Crippen LogP contribution in [-0.2, 0) is 19.3 Å². The summed E-state index contributed by atoms with van der Waals surface area (Å²) < 4.78 is 0. The quantitative estimate of drug-likeness (QED) is 0.258. The van der Waals surface area contributed by atoms with Gasteiger partial charge in [-0.25, -0.2) is 0 Å². The SMILES string of the molecule is C1=Cc2ccccc2CC=N1.CC1=c2ccc3c(c2CCC1)CC=c1cc(-c2ccccc2Cl)ccc1=3. The molecule has 0 unspecified atom stereocenters. The Balaban J connectivity index is 0.000000191. The molecule has 1 nitrogen and oxygen atoms in total. The normalized spacial score (nSPS) is 14.7. The lowest BCUT2D eigenvalue weighted by atomic mass is 9.86. The highest BCUT2D eigenvalue weighted by Crippen LogP contribution is 2.27. The molecule has 0 amide bonds. The Morgan fingerprint density at radius 3 is 2.49 bits per heavy atom. The second-order valence-corrected chi connectivity index (χ2v) is 10.4. The number of rotatable bonds is 1.